The van der Waals surface area contributed by atoms with E-state index in [-0.39, 0.29) is 23.9 Å². The summed E-state index contributed by atoms with van der Waals surface area (Å²) in [7, 11) is 0. The monoisotopic (exact) mass is 520 g/mol. The summed E-state index contributed by atoms with van der Waals surface area (Å²) in [4.78, 5) is 29.3. The summed E-state index contributed by atoms with van der Waals surface area (Å²) in [6.45, 7) is 6.34. The largest absolute Gasteiger partial charge is 0.480 e. The molecule has 7 atom stereocenters. The lowest BCUT2D eigenvalue weighted by atomic mass is 9.47. The van der Waals surface area contributed by atoms with E-state index in [0.717, 1.165) is 44.1 Å². The molecule has 0 bridgehead atoms. The second-order valence-corrected chi connectivity index (χ2v) is 12.4. The number of amides is 1. The molecule has 0 unspecified atom stereocenters. The fraction of sp³-hybridized carbons (Fsp3) is 0.581. The van der Waals surface area contributed by atoms with Crippen molar-refractivity contribution in [3.8, 4) is 0 Å². The average Bonchev–Trinajstić information content (AvgIpc) is 3.13. The van der Waals surface area contributed by atoms with E-state index in [4.69, 9.17) is 4.84 Å². The Morgan fingerprint density at radius 2 is 1.84 bits per heavy atom. The zero-order chi connectivity index (χ0) is 27.1. The Hall–Kier alpha value is -2.93. The smallest absolute Gasteiger partial charge is 0.326 e. The number of carbonyl (C=O) groups excluding carboxylic acids is 1. The molecule has 5 rings (SSSR count). The Bertz CT molecular complexity index is 1170. The van der Waals surface area contributed by atoms with Gasteiger partial charge < -0.3 is 20.4 Å². The number of fused-ring (bicyclic) bond motifs is 5. The summed E-state index contributed by atoms with van der Waals surface area (Å²) in [5.74, 6) is 0.125. The molecular weight excluding hydrogens is 480 g/mol. The van der Waals surface area contributed by atoms with Crippen molar-refractivity contribution in [3.05, 3.63) is 59.7 Å². The maximum absolute atomic E-state index is 12.4. The number of aliphatic hydroxyl groups is 1. The lowest BCUT2D eigenvalue weighted by Crippen LogP contribution is -2.53. The minimum absolute atomic E-state index is 0.00585. The van der Waals surface area contributed by atoms with Gasteiger partial charge in [-0.15, -0.1) is 0 Å². The molecule has 0 aromatic heterocycles. The standard InChI is InChI=1S/C31H40N2O5/c1-29-14-11-22(33-38-19-27(34)32-26(28(35)36)17-20-7-5-4-6-8-20)18-21(29)9-10-23-24(29)12-15-30(2)25(23)13-16-31(30,3)37/h4-8,11,14,18,23-26,37H,9-10,12-13,15-17,19H2,1-3H3,(H,32,34)(H,35,36)/t23-,24-,25+,26+,29+,30+,31+/m1/s1. The van der Waals surface area contributed by atoms with Gasteiger partial charge in [-0.25, -0.2) is 4.79 Å². The predicted molar refractivity (Wildman–Crippen MR) is 145 cm³/mol. The van der Waals surface area contributed by atoms with Crippen LogP contribution in [-0.4, -0.2) is 46.1 Å². The van der Waals surface area contributed by atoms with Crippen LogP contribution in [0.15, 0.2) is 59.3 Å². The number of carboxylic acid groups (broad SMARTS) is 1. The minimum atomic E-state index is -1.09. The number of carboxylic acids is 1. The van der Waals surface area contributed by atoms with E-state index in [0.29, 0.717) is 23.5 Å². The van der Waals surface area contributed by atoms with Gasteiger partial charge in [-0.05, 0) is 86.3 Å². The number of hydrogen-bond acceptors (Lipinski definition) is 5. The molecule has 204 valence electrons. The number of benzene rings is 1. The predicted octanol–water partition coefficient (Wildman–Crippen LogP) is 4.66. The lowest BCUT2D eigenvalue weighted by Gasteiger charge is -2.58. The van der Waals surface area contributed by atoms with Crippen molar-refractivity contribution in [1.82, 2.24) is 5.32 Å². The Kier molecular flexibility index (Phi) is 7.01. The SMILES string of the molecule is C[C@]12C=CC(=NOCC(=O)N[C@@H](Cc3ccccc3)C(=O)O)C=C1CC[C@@H]1[C@H]2CC[C@@]2(C)[C@H]1CC[C@]2(C)O. The number of nitrogens with zero attached hydrogens (tertiary/aromatic N) is 1. The van der Waals surface area contributed by atoms with Crippen molar-refractivity contribution in [2.24, 2.45) is 33.7 Å². The fourth-order valence-corrected chi connectivity index (χ4v) is 7.96. The number of aliphatic carboxylic acids is 1. The first-order chi connectivity index (χ1) is 18.0. The first-order valence-corrected chi connectivity index (χ1v) is 13.9. The highest BCUT2D eigenvalue weighted by molar-refractivity contribution is 6.05. The highest BCUT2D eigenvalue weighted by atomic mass is 16.6. The van der Waals surface area contributed by atoms with Crippen LogP contribution in [-0.2, 0) is 20.8 Å². The van der Waals surface area contributed by atoms with Crippen molar-refractivity contribution in [2.45, 2.75) is 77.4 Å². The van der Waals surface area contributed by atoms with Crippen LogP contribution in [0.1, 0.15) is 64.9 Å². The highest BCUT2D eigenvalue weighted by Crippen LogP contribution is 2.66. The Balaban J connectivity index is 1.19. The van der Waals surface area contributed by atoms with Gasteiger partial charge in [0.25, 0.3) is 5.91 Å². The second-order valence-electron chi connectivity index (χ2n) is 12.4. The number of allylic oxidation sites excluding steroid dienone is 4. The Labute approximate surface area is 225 Å². The van der Waals surface area contributed by atoms with Crippen LogP contribution in [0.2, 0.25) is 0 Å². The minimum Gasteiger partial charge on any atom is -0.480 e. The molecule has 3 saturated carbocycles. The van der Waals surface area contributed by atoms with Crippen LogP contribution in [0.5, 0.6) is 0 Å². The zero-order valence-corrected chi connectivity index (χ0v) is 22.7. The summed E-state index contributed by atoms with van der Waals surface area (Å²) >= 11 is 0. The maximum atomic E-state index is 12.4. The van der Waals surface area contributed by atoms with Gasteiger partial charge in [0, 0.05) is 11.8 Å². The number of hydrogen-bond donors (Lipinski definition) is 3. The molecule has 7 nitrogen and oxygen atoms in total. The molecule has 3 N–H and O–H groups in total. The number of nitrogens with one attached hydrogen (secondary N) is 1. The van der Waals surface area contributed by atoms with Crippen LogP contribution in [0.25, 0.3) is 0 Å². The van der Waals surface area contributed by atoms with Gasteiger partial charge in [0.2, 0.25) is 0 Å². The molecule has 4 aliphatic rings. The van der Waals surface area contributed by atoms with Crippen LogP contribution in [0.4, 0.5) is 0 Å². The molecular formula is C31H40N2O5. The number of rotatable bonds is 7. The van der Waals surface area contributed by atoms with E-state index < -0.39 is 23.5 Å². The van der Waals surface area contributed by atoms with E-state index in [2.05, 4.69) is 36.5 Å². The molecule has 0 aliphatic heterocycles. The molecule has 4 aliphatic carbocycles. The molecule has 3 fully saturated rings. The van der Waals surface area contributed by atoms with E-state index in [1.165, 1.54) is 5.57 Å². The topological polar surface area (TPSA) is 108 Å². The third kappa shape index (κ3) is 4.70. The van der Waals surface area contributed by atoms with Gasteiger partial charge >= 0.3 is 5.97 Å². The molecule has 7 heteroatoms. The summed E-state index contributed by atoms with van der Waals surface area (Å²) < 4.78 is 0. The van der Waals surface area contributed by atoms with Gasteiger partial charge in [0.05, 0.1) is 5.60 Å². The van der Waals surface area contributed by atoms with E-state index in [1.54, 1.807) is 0 Å². The van der Waals surface area contributed by atoms with Crippen LogP contribution < -0.4 is 5.32 Å². The summed E-state index contributed by atoms with van der Waals surface area (Å²) in [5.41, 5.74) is 2.27. The Morgan fingerprint density at radius 3 is 2.58 bits per heavy atom. The van der Waals surface area contributed by atoms with Gasteiger partial charge in [-0.1, -0.05) is 61.0 Å². The fourth-order valence-electron chi connectivity index (χ4n) is 7.96. The van der Waals surface area contributed by atoms with Gasteiger partial charge in [-0.2, -0.15) is 0 Å². The maximum Gasteiger partial charge on any atom is 0.326 e. The van der Waals surface area contributed by atoms with Gasteiger partial charge in [0.15, 0.2) is 6.61 Å². The summed E-state index contributed by atoms with van der Waals surface area (Å²) in [6.07, 6.45) is 12.8. The average molecular weight is 521 g/mol. The quantitative estimate of drug-likeness (QED) is 0.453. The first kappa shape index (κ1) is 26.7. The van der Waals surface area contributed by atoms with Crippen LogP contribution in [0.3, 0.4) is 0 Å². The van der Waals surface area contributed by atoms with E-state index in [9.17, 15) is 19.8 Å². The Morgan fingerprint density at radius 1 is 1.11 bits per heavy atom. The van der Waals surface area contributed by atoms with Crippen LogP contribution in [0, 0.1) is 28.6 Å². The number of carbonyl (C=O) groups is 2. The molecule has 1 aromatic carbocycles. The van der Waals surface area contributed by atoms with Crippen molar-refractivity contribution in [2.75, 3.05) is 6.61 Å². The summed E-state index contributed by atoms with van der Waals surface area (Å²) in [6, 6.07) is 8.16. The summed E-state index contributed by atoms with van der Waals surface area (Å²) in [5, 5.41) is 27.3. The van der Waals surface area contributed by atoms with Gasteiger partial charge in [-0.3, -0.25) is 4.79 Å². The lowest BCUT2D eigenvalue weighted by molar-refractivity contribution is -0.142. The first-order valence-electron chi connectivity index (χ1n) is 13.9. The molecule has 0 heterocycles. The molecule has 1 aromatic rings. The zero-order valence-electron chi connectivity index (χ0n) is 22.7. The van der Waals surface area contributed by atoms with E-state index in [1.807, 2.05) is 43.3 Å². The van der Waals surface area contributed by atoms with Crippen molar-refractivity contribution in [3.63, 3.8) is 0 Å². The second kappa shape index (κ2) is 9.99. The molecule has 1 amide bonds. The highest BCUT2D eigenvalue weighted by Gasteiger charge is 2.61. The normalized spacial score (nSPS) is 37.4. The third-order valence-electron chi connectivity index (χ3n) is 10.4. The molecule has 0 saturated heterocycles. The van der Waals surface area contributed by atoms with Crippen molar-refractivity contribution in [1.29, 1.82) is 0 Å². The molecule has 0 spiro atoms. The third-order valence-corrected chi connectivity index (χ3v) is 10.4. The molecule has 38 heavy (non-hydrogen) atoms. The van der Waals surface area contributed by atoms with Gasteiger partial charge in [0.1, 0.15) is 11.8 Å². The van der Waals surface area contributed by atoms with Crippen molar-refractivity contribution < 1.29 is 24.6 Å². The van der Waals surface area contributed by atoms with Crippen molar-refractivity contribution >= 4 is 17.6 Å². The number of oxime groups is 1. The van der Waals surface area contributed by atoms with E-state index >= 15 is 0 Å². The molecule has 0 radical (unpaired) electrons. The van der Waals surface area contributed by atoms with Crippen LogP contribution >= 0.6 is 0 Å².